The summed E-state index contributed by atoms with van der Waals surface area (Å²) in [5, 5.41) is 14.6. The first-order valence-corrected chi connectivity index (χ1v) is 6.19. The summed E-state index contributed by atoms with van der Waals surface area (Å²) in [6.45, 7) is 1.61. The molecule has 1 fully saturated rings. The van der Waals surface area contributed by atoms with E-state index >= 15 is 0 Å². The van der Waals surface area contributed by atoms with Crippen LogP contribution in [-0.4, -0.2) is 42.2 Å². The molecule has 0 aliphatic carbocycles. The van der Waals surface area contributed by atoms with Crippen LogP contribution in [0.5, 0.6) is 0 Å². The maximum Gasteiger partial charge on any atom is 0.270 e. The summed E-state index contributed by atoms with van der Waals surface area (Å²) in [4.78, 5) is 17.7. The van der Waals surface area contributed by atoms with E-state index in [1.807, 2.05) is 0 Å². The van der Waals surface area contributed by atoms with Gasteiger partial charge < -0.3 is 15.3 Å². The molecule has 1 aromatic rings. The van der Waals surface area contributed by atoms with E-state index in [-0.39, 0.29) is 12.0 Å². The van der Waals surface area contributed by atoms with Crippen LogP contribution in [0.2, 0.25) is 0 Å². The first kappa shape index (κ1) is 11.3. The molecule has 1 saturated heterocycles. The lowest BCUT2D eigenvalue weighted by molar-refractivity contribution is 0.0958. The van der Waals surface area contributed by atoms with Gasteiger partial charge in [-0.2, -0.15) is 0 Å². The molecule has 0 atom stereocenters. The summed E-state index contributed by atoms with van der Waals surface area (Å²) in [5.41, 5.74) is 0.466. The smallest absolute Gasteiger partial charge is 0.270 e. The summed E-state index contributed by atoms with van der Waals surface area (Å²) in [7, 11) is 1.60. The number of piperidine rings is 1. The Hall–Kier alpha value is -1.14. The average molecular weight is 241 g/mol. The minimum atomic E-state index is -0.186. The van der Waals surface area contributed by atoms with Crippen LogP contribution >= 0.6 is 11.3 Å². The molecular formula is C10H15N3O2S. The third-order valence-corrected chi connectivity index (χ3v) is 3.59. The van der Waals surface area contributed by atoms with Gasteiger partial charge in [0.25, 0.3) is 5.91 Å². The topological polar surface area (TPSA) is 65.5 Å². The van der Waals surface area contributed by atoms with Crippen molar-refractivity contribution in [1.82, 2.24) is 10.3 Å². The van der Waals surface area contributed by atoms with Crippen LogP contribution in [0.1, 0.15) is 23.3 Å². The number of anilines is 1. The highest BCUT2D eigenvalue weighted by Gasteiger charge is 2.20. The highest BCUT2D eigenvalue weighted by molar-refractivity contribution is 7.13. The maximum absolute atomic E-state index is 11.3. The minimum Gasteiger partial charge on any atom is -0.393 e. The average Bonchev–Trinajstić information content (AvgIpc) is 2.78. The number of nitrogens with zero attached hydrogens (tertiary/aromatic N) is 2. The molecule has 2 rings (SSSR count). The van der Waals surface area contributed by atoms with Gasteiger partial charge in [-0.05, 0) is 12.8 Å². The number of aliphatic hydroxyl groups is 1. The van der Waals surface area contributed by atoms with Gasteiger partial charge in [0.2, 0.25) is 0 Å². The van der Waals surface area contributed by atoms with E-state index in [1.165, 1.54) is 11.3 Å². The normalized spacial score (nSPS) is 17.5. The zero-order valence-corrected chi connectivity index (χ0v) is 9.96. The van der Waals surface area contributed by atoms with Crippen molar-refractivity contribution in [2.24, 2.45) is 0 Å². The number of hydrogen-bond acceptors (Lipinski definition) is 5. The Kier molecular flexibility index (Phi) is 3.40. The molecule has 0 radical (unpaired) electrons. The largest absolute Gasteiger partial charge is 0.393 e. The summed E-state index contributed by atoms with van der Waals surface area (Å²) in [6, 6.07) is 0. The highest BCUT2D eigenvalue weighted by atomic mass is 32.1. The Morgan fingerprint density at radius 3 is 2.94 bits per heavy atom. The van der Waals surface area contributed by atoms with E-state index in [0.717, 1.165) is 31.1 Å². The van der Waals surface area contributed by atoms with E-state index in [2.05, 4.69) is 15.2 Å². The standard InChI is InChI=1S/C10H15N3O2S/c1-11-9(15)8-6-16-10(12-8)13-4-2-7(14)3-5-13/h6-7,14H,2-5H2,1H3,(H,11,15). The Labute approximate surface area is 98.1 Å². The van der Waals surface area contributed by atoms with Crippen molar-refractivity contribution < 1.29 is 9.90 Å². The molecule has 2 heterocycles. The summed E-state index contributed by atoms with van der Waals surface area (Å²) in [5.74, 6) is -0.153. The van der Waals surface area contributed by atoms with Gasteiger partial charge in [0.15, 0.2) is 5.13 Å². The Morgan fingerprint density at radius 2 is 2.31 bits per heavy atom. The number of thiazole rings is 1. The van der Waals surface area contributed by atoms with Crippen molar-refractivity contribution in [2.75, 3.05) is 25.0 Å². The fourth-order valence-corrected chi connectivity index (χ4v) is 2.56. The fraction of sp³-hybridized carbons (Fsp3) is 0.600. The number of nitrogens with one attached hydrogen (secondary N) is 1. The highest BCUT2D eigenvalue weighted by Crippen LogP contribution is 2.24. The molecule has 1 aromatic heterocycles. The summed E-state index contributed by atoms with van der Waals surface area (Å²) < 4.78 is 0. The van der Waals surface area contributed by atoms with Gasteiger partial charge in [0.05, 0.1) is 6.10 Å². The Morgan fingerprint density at radius 1 is 1.62 bits per heavy atom. The van der Waals surface area contributed by atoms with Gasteiger partial charge in [-0.25, -0.2) is 4.98 Å². The monoisotopic (exact) mass is 241 g/mol. The lowest BCUT2D eigenvalue weighted by Crippen LogP contribution is -2.35. The molecule has 0 unspecified atom stereocenters. The third kappa shape index (κ3) is 2.33. The number of aromatic nitrogens is 1. The zero-order valence-electron chi connectivity index (χ0n) is 9.14. The molecule has 1 amide bonds. The predicted molar refractivity (Wildman–Crippen MR) is 63.0 cm³/mol. The molecular weight excluding hydrogens is 226 g/mol. The number of carbonyl (C=O) groups excluding carboxylic acids is 1. The number of rotatable bonds is 2. The number of amides is 1. The predicted octanol–water partition coefficient (Wildman–Crippen LogP) is 0.464. The van der Waals surface area contributed by atoms with Crippen LogP contribution < -0.4 is 10.2 Å². The fourth-order valence-electron chi connectivity index (χ4n) is 1.70. The molecule has 16 heavy (non-hydrogen) atoms. The van der Waals surface area contributed by atoms with E-state index in [4.69, 9.17) is 0 Å². The van der Waals surface area contributed by atoms with Crippen LogP contribution in [-0.2, 0) is 0 Å². The molecule has 1 aliphatic heterocycles. The lowest BCUT2D eigenvalue weighted by atomic mass is 10.1. The van der Waals surface area contributed by atoms with E-state index in [9.17, 15) is 9.90 Å². The lowest BCUT2D eigenvalue weighted by Gasteiger charge is -2.29. The van der Waals surface area contributed by atoms with Crippen LogP contribution in [0.15, 0.2) is 5.38 Å². The van der Waals surface area contributed by atoms with Crippen molar-refractivity contribution in [1.29, 1.82) is 0 Å². The van der Waals surface area contributed by atoms with Crippen molar-refractivity contribution >= 4 is 22.4 Å². The summed E-state index contributed by atoms with van der Waals surface area (Å²) >= 11 is 1.47. The molecule has 0 aromatic carbocycles. The number of carbonyl (C=O) groups is 1. The maximum atomic E-state index is 11.3. The summed E-state index contributed by atoms with van der Waals surface area (Å²) in [6.07, 6.45) is 1.36. The molecule has 5 nitrogen and oxygen atoms in total. The van der Waals surface area contributed by atoms with E-state index in [0.29, 0.717) is 5.69 Å². The van der Waals surface area contributed by atoms with Gasteiger partial charge >= 0.3 is 0 Å². The quantitative estimate of drug-likeness (QED) is 0.789. The first-order valence-electron chi connectivity index (χ1n) is 5.31. The van der Waals surface area contributed by atoms with Gasteiger partial charge in [-0.1, -0.05) is 0 Å². The molecule has 2 N–H and O–H groups in total. The van der Waals surface area contributed by atoms with E-state index < -0.39 is 0 Å². The van der Waals surface area contributed by atoms with Crippen molar-refractivity contribution in [3.05, 3.63) is 11.1 Å². The van der Waals surface area contributed by atoms with Crippen molar-refractivity contribution in [2.45, 2.75) is 18.9 Å². The van der Waals surface area contributed by atoms with Crippen LogP contribution in [0, 0.1) is 0 Å². The Bertz CT molecular complexity index is 372. The van der Waals surface area contributed by atoms with Gasteiger partial charge in [0.1, 0.15) is 5.69 Å². The Balaban J connectivity index is 2.04. The van der Waals surface area contributed by atoms with Crippen LogP contribution in [0.25, 0.3) is 0 Å². The molecule has 0 bridgehead atoms. The molecule has 88 valence electrons. The second-order valence-electron chi connectivity index (χ2n) is 3.81. The zero-order chi connectivity index (χ0) is 11.5. The molecule has 0 spiro atoms. The van der Waals surface area contributed by atoms with E-state index in [1.54, 1.807) is 12.4 Å². The van der Waals surface area contributed by atoms with Crippen LogP contribution in [0.4, 0.5) is 5.13 Å². The van der Waals surface area contributed by atoms with Gasteiger partial charge in [0, 0.05) is 25.5 Å². The molecule has 6 heteroatoms. The number of aliphatic hydroxyl groups excluding tert-OH is 1. The minimum absolute atomic E-state index is 0.153. The van der Waals surface area contributed by atoms with Gasteiger partial charge in [-0.15, -0.1) is 11.3 Å². The van der Waals surface area contributed by atoms with Crippen LogP contribution in [0.3, 0.4) is 0 Å². The van der Waals surface area contributed by atoms with Gasteiger partial charge in [-0.3, -0.25) is 4.79 Å². The number of hydrogen-bond donors (Lipinski definition) is 2. The SMILES string of the molecule is CNC(=O)c1csc(N2CCC(O)CC2)n1. The van der Waals surface area contributed by atoms with Crippen molar-refractivity contribution in [3.63, 3.8) is 0 Å². The molecule has 0 saturated carbocycles. The first-order chi connectivity index (χ1) is 7.70. The molecule has 1 aliphatic rings. The second kappa shape index (κ2) is 4.80. The third-order valence-electron chi connectivity index (χ3n) is 2.69. The second-order valence-corrected chi connectivity index (χ2v) is 4.65. The van der Waals surface area contributed by atoms with Crippen molar-refractivity contribution in [3.8, 4) is 0 Å².